The number of aromatic nitrogens is 2. The summed E-state index contributed by atoms with van der Waals surface area (Å²) in [6, 6.07) is 10.1. The van der Waals surface area contributed by atoms with E-state index in [0.717, 1.165) is 55.0 Å². The van der Waals surface area contributed by atoms with Gasteiger partial charge in [-0.3, -0.25) is 4.90 Å². The molecule has 8 nitrogen and oxygen atoms in total. The summed E-state index contributed by atoms with van der Waals surface area (Å²) in [7, 11) is 1.40. The lowest BCUT2D eigenvalue weighted by Crippen LogP contribution is -2.40. The van der Waals surface area contributed by atoms with Gasteiger partial charge in [-0.05, 0) is 55.0 Å². The Balaban J connectivity index is 1.29. The number of allylic oxidation sites excluding steroid dienone is 5. The summed E-state index contributed by atoms with van der Waals surface area (Å²) in [6.45, 7) is 11.2. The maximum atomic E-state index is 15.6. The van der Waals surface area contributed by atoms with E-state index in [9.17, 15) is 9.90 Å². The van der Waals surface area contributed by atoms with Crippen molar-refractivity contribution in [2.45, 2.75) is 45.9 Å². The van der Waals surface area contributed by atoms with Gasteiger partial charge in [0.15, 0.2) is 0 Å². The molecule has 1 atom stereocenters. The van der Waals surface area contributed by atoms with E-state index in [2.05, 4.69) is 16.6 Å². The molecule has 42 heavy (non-hydrogen) atoms. The van der Waals surface area contributed by atoms with Gasteiger partial charge in [0.2, 0.25) is 5.88 Å². The van der Waals surface area contributed by atoms with Crippen molar-refractivity contribution in [1.82, 2.24) is 14.7 Å². The number of aromatic carboxylic acids is 1. The number of benzene rings is 2. The molecule has 1 fully saturated rings. The molecule has 1 unspecified atom stereocenters. The molecule has 1 saturated heterocycles. The molecule has 1 N–H and O–H groups in total. The smallest absolute Gasteiger partial charge is 0.342 e. The molecule has 0 spiro atoms. The van der Waals surface area contributed by atoms with Crippen molar-refractivity contribution in [3.05, 3.63) is 101 Å². The van der Waals surface area contributed by atoms with Crippen LogP contribution in [0.3, 0.4) is 0 Å². The molecule has 2 aliphatic rings. The molecule has 5 rings (SSSR count). The van der Waals surface area contributed by atoms with Crippen LogP contribution in [0.4, 0.5) is 4.39 Å². The first kappa shape index (κ1) is 29.3. The maximum Gasteiger partial charge on any atom is 0.342 e. The second-order valence-electron chi connectivity index (χ2n) is 10.6. The average molecular weight is 574 g/mol. The van der Waals surface area contributed by atoms with Crippen molar-refractivity contribution in [3.63, 3.8) is 0 Å². The molecule has 0 radical (unpaired) electrons. The Morgan fingerprint density at radius 1 is 1.29 bits per heavy atom. The van der Waals surface area contributed by atoms with Crippen molar-refractivity contribution < 1.29 is 28.5 Å². The van der Waals surface area contributed by atoms with Gasteiger partial charge in [0.05, 0.1) is 19.9 Å². The van der Waals surface area contributed by atoms with E-state index in [4.69, 9.17) is 14.2 Å². The Bertz CT molecular complexity index is 1550. The second kappa shape index (κ2) is 12.8. The minimum atomic E-state index is -1.11. The Morgan fingerprint density at radius 3 is 2.86 bits per heavy atom. The summed E-state index contributed by atoms with van der Waals surface area (Å²) < 4.78 is 34.0. The van der Waals surface area contributed by atoms with Gasteiger partial charge in [-0.25, -0.2) is 13.9 Å². The third-order valence-electron chi connectivity index (χ3n) is 7.91. The zero-order chi connectivity index (χ0) is 29.8. The van der Waals surface area contributed by atoms with E-state index in [0.29, 0.717) is 35.0 Å². The molecule has 3 heterocycles. The number of ether oxygens (including phenoxy) is 3. The Labute approximate surface area is 245 Å². The number of carbonyl (C=O) groups is 1. The molecule has 2 aliphatic heterocycles. The van der Waals surface area contributed by atoms with Crippen LogP contribution in [-0.4, -0.2) is 58.7 Å². The lowest BCUT2D eigenvalue weighted by Gasteiger charge is -2.33. The van der Waals surface area contributed by atoms with Gasteiger partial charge in [-0.15, -0.1) is 0 Å². The van der Waals surface area contributed by atoms with Gasteiger partial charge in [-0.2, -0.15) is 5.10 Å². The van der Waals surface area contributed by atoms with Crippen molar-refractivity contribution in [2.24, 2.45) is 0 Å². The normalized spacial score (nSPS) is 17.4. The molecule has 3 aromatic rings. The van der Waals surface area contributed by atoms with Crippen LogP contribution in [0.2, 0.25) is 0 Å². The van der Waals surface area contributed by atoms with Gasteiger partial charge in [-0.1, -0.05) is 49.1 Å². The van der Waals surface area contributed by atoms with Gasteiger partial charge in [0.1, 0.15) is 23.7 Å². The van der Waals surface area contributed by atoms with Crippen LogP contribution in [0.1, 0.15) is 51.5 Å². The molecule has 220 valence electrons. The van der Waals surface area contributed by atoms with Crippen LogP contribution < -0.4 is 9.47 Å². The quantitative estimate of drug-likeness (QED) is 0.303. The number of methoxy groups -OCH3 is 1. The monoisotopic (exact) mass is 573 g/mol. The van der Waals surface area contributed by atoms with Crippen LogP contribution in [0.15, 0.2) is 61.3 Å². The fourth-order valence-electron chi connectivity index (χ4n) is 5.56. The lowest BCUT2D eigenvalue weighted by molar-refractivity contribution is 0.0693. The third kappa shape index (κ3) is 6.03. The zero-order valence-electron chi connectivity index (χ0n) is 24.2. The minimum Gasteiger partial charge on any atom is -0.488 e. The molecule has 0 bridgehead atoms. The zero-order valence-corrected chi connectivity index (χ0v) is 24.2. The number of carboxylic acid groups (broad SMARTS) is 1. The van der Waals surface area contributed by atoms with Gasteiger partial charge >= 0.3 is 5.97 Å². The first-order valence-corrected chi connectivity index (χ1v) is 14.0. The fourth-order valence-corrected chi connectivity index (χ4v) is 5.56. The summed E-state index contributed by atoms with van der Waals surface area (Å²) in [6.07, 6.45) is 8.38. The van der Waals surface area contributed by atoms with Crippen LogP contribution in [0.25, 0.3) is 11.3 Å². The van der Waals surface area contributed by atoms with Crippen LogP contribution in [-0.2, 0) is 24.3 Å². The Kier molecular flexibility index (Phi) is 8.89. The van der Waals surface area contributed by atoms with E-state index in [1.54, 1.807) is 19.1 Å². The lowest BCUT2D eigenvalue weighted by atomic mass is 9.95. The largest absolute Gasteiger partial charge is 0.488 e. The summed E-state index contributed by atoms with van der Waals surface area (Å²) in [5, 5.41) is 13.5. The van der Waals surface area contributed by atoms with Gasteiger partial charge in [0.25, 0.3) is 0 Å². The topological polar surface area (TPSA) is 86.1 Å². The molecule has 9 heteroatoms. The highest BCUT2D eigenvalue weighted by Gasteiger charge is 2.28. The van der Waals surface area contributed by atoms with Crippen molar-refractivity contribution >= 4 is 17.2 Å². The van der Waals surface area contributed by atoms with Gasteiger partial charge in [0, 0.05) is 42.6 Å². The number of carboxylic acids is 1. The molecular formula is C33H36FN3O5. The SMILES string of the molecule is C=C(/C=C\C=C(/C)n1ncc(C(=O)O)c1OC)c1cccc(C)c1OCc1ccc2c(c1F)CCN(C1CCOC1)C2. The minimum absolute atomic E-state index is 0.0169. The fraction of sp³-hybridized carbons (Fsp3) is 0.333. The molecule has 0 saturated carbocycles. The molecular weight excluding hydrogens is 537 g/mol. The van der Waals surface area contributed by atoms with Crippen molar-refractivity contribution in [1.29, 1.82) is 0 Å². The first-order valence-electron chi connectivity index (χ1n) is 14.0. The number of rotatable bonds is 10. The van der Waals surface area contributed by atoms with E-state index < -0.39 is 5.97 Å². The van der Waals surface area contributed by atoms with Crippen LogP contribution in [0.5, 0.6) is 11.6 Å². The number of para-hydroxylation sites is 1. The van der Waals surface area contributed by atoms with E-state index >= 15 is 4.39 Å². The summed E-state index contributed by atoms with van der Waals surface area (Å²) in [4.78, 5) is 13.8. The standard InChI is InChI=1S/C33H36FN3O5/c1-21(7-5-9-23(3)37-32(40-4)29(17-35-37)33(38)39)27-10-6-8-22(2)31(27)42-19-25-12-11-24-18-36(26-14-16-41-20-26)15-13-28(24)30(25)34/h5-12,17,26H,1,13-16,18-20H2,2-4H3,(H,38,39)/b7-5-,23-9+. The third-order valence-corrected chi connectivity index (χ3v) is 7.91. The summed E-state index contributed by atoms with van der Waals surface area (Å²) in [5.41, 5.74) is 5.43. The molecule has 2 aromatic carbocycles. The summed E-state index contributed by atoms with van der Waals surface area (Å²) >= 11 is 0. The van der Waals surface area contributed by atoms with E-state index in [1.807, 2.05) is 43.3 Å². The van der Waals surface area contributed by atoms with Gasteiger partial charge < -0.3 is 19.3 Å². The number of fused-ring (bicyclic) bond motifs is 1. The van der Waals surface area contributed by atoms with Crippen molar-refractivity contribution in [2.75, 3.05) is 26.9 Å². The number of nitrogens with zero attached hydrogens (tertiary/aromatic N) is 3. The Hall–Kier alpha value is -4.21. The van der Waals surface area contributed by atoms with Crippen LogP contribution in [0, 0.1) is 12.7 Å². The second-order valence-corrected chi connectivity index (χ2v) is 10.6. The van der Waals surface area contributed by atoms with E-state index in [1.165, 1.54) is 18.0 Å². The van der Waals surface area contributed by atoms with Crippen LogP contribution >= 0.6 is 0 Å². The first-order chi connectivity index (χ1) is 20.3. The number of hydrogen-bond donors (Lipinski definition) is 1. The van der Waals surface area contributed by atoms with Crippen molar-refractivity contribution in [3.8, 4) is 11.6 Å². The highest BCUT2D eigenvalue weighted by atomic mass is 19.1. The Morgan fingerprint density at radius 2 is 2.12 bits per heavy atom. The molecule has 1 aromatic heterocycles. The molecule has 0 amide bonds. The predicted octanol–water partition coefficient (Wildman–Crippen LogP) is 5.89. The molecule has 0 aliphatic carbocycles. The van der Waals surface area contributed by atoms with E-state index in [-0.39, 0.29) is 23.9 Å². The summed E-state index contributed by atoms with van der Waals surface area (Å²) in [5.74, 6) is -0.492. The maximum absolute atomic E-state index is 15.6. The number of aryl methyl sites for hydroxylation is 1. The average Bonchev–Trinajstić information content (AvgIpc) is 3.68. The highest BCUT2D eigenvalue weighted by Crippen LogP contribution is 2.32. The number of hydrogen-bond acceptors (Lipinski definition) is 6. The predicted molar refractivity (Wildman–Crippen MR) is 159 cm³/mol. The number of halogens is 1. The highest BCUT2D eigenvalue weighted by molar-refractivity contribution is 5.90.